The van der Waals surface area contributed by atoms with Gasteiger partial charge in [-0.1, -0.05) is 30.3 Å². The smallest absolute Gasteiger partial charge is 0.0868 e. The average Bonchev–Trinajstić information content (AvgIpc) is 2.18. The summed E-state index contributed by atoms with van der Waals surface area (Å²) in [7, 11) is 1.96. The summed E-state index contributed by atoms with van der Waals surface area (Å²) in [6.07, 6.45) is 0. The van der Waals surface area contributed by atoms with Crippen molar-refractivity contribution in [2.75, 3.05) is 13.6 Å². The van der Waals surface area contributed by atoms with Crippen molar-refractivity contribution in [2.45, 2.75) is 13.0 Å². The molecule has 0 N–H and O–H groups in total. The fourth-order valence-electron chi connectivity index (χ4n) is 1.23. The molecule has 0 bridgehead atoms. The fourth-order valence-corrected chi connectivity index (χ4v) is 1.23. The van der Waals surface area contributed by atoms with Gasteiger partial charge in [0.25, 0.3) is 0 Å². The summed E-state index contributed by atoms with van der Waals surface area (Å²) < 4.78 is 0. The molecule has 68 valence electrons. The Balaban J connectivity index is 2.69. The van der Waals surface area contributed by atoms with Gasteiger partial charge < -0.3 is 0 Å². The van der Waals surface area contributed by atoms with E-state index in [0.29, 0.717) is 12.6 Å². The Hall–Kier alpha value is -1.33. The number of hydrogen-bond donors (Lipinski definition) is 0. The van der Waals surface area contributed by atoms with Gasteiger partial charge in [-0.15, -0.1) is 0 Å². The molecule has 0 amide bonds. The second-order valence-corrected chi connectivity index (χ2v) is 3.16. The molecule has 0 aliphatic rings. The normalized spacial score (nSPS) is 12.5. The maximum Gasteiger partial charge on any atom is 0.0868 e. The van der Waals surface area contributed by atoms with E-state index in [1.807, 2.05) is 30.1 Å². The summed E-state index contributed by atoms with van der Waals surface area (Å²) in [5, 5.41) is 8.54. The first-order chi connectivity index (χ1) is 6.25. The Bertz CT molecular complexity index is 287. The predicted molar refractivity (Wildman–Crippen MR) is 53.1 cm³/mol. The van der Waals surface area contributed by atoms with E-state index >= 15 is 0 Å². The molecular weight excluding hydrogens is 160 g/mol. The molecule has 0 aliphatic carbocycles. The summed E-state index contributed by atoms with van der Waals surface area (Å²) in [4.78, 5) is 2.02. The van der Waals surface area contributed by atoms with Crippen molar-refractivity contribution in [3.05, 3.63) is 35.9 Å². The monoisotopic (exact) mass is 174 g/mol. The number of hydrogen-bond acceptors (Lipinski definition) is 2. The topological polar surface area (TPSA) is 27.0 Å². The fraction of sp³-hybridized carbons (Fsp3) is 0.364. The molecule has 0 spiro atoms. The predicted octanol–water partition coefficient (Wildman–Crippen LogP) is 2.20. The summed E-state index contributed by atoms with van der Waals surface area (Å²) in [6.45, 7) is 2.57. The molecule has 0 fully saturated rings. The quantitative estimate of drug-likeness (QED) is 0.657. The van der Waals surface area contributed by atoms with E-state index in [0.717, 1.165) is 0 Å². The summed E-state index contributed by atoms with van der Waals surface area (Å²) in [6, 6.07) is 12.7. The highest BCUT2D eigenvalue weighted by Gasteiger charge is 2.09. The van der Waals surface area contributed by atoms with Crippen LogP contribution >= 0.6 is 0 Å². The van der Waals surface area contributed by atoms with Crippen LogP contribution in [0.5, 0.6) is 0 Å². The second-order valence-electron chi connectivity index (χ2n) is 3.16. The Kier molecular flexibility index (Phi) is 3.48. The Morgan fingerprint density at radius 1 is 1.38 bits per heavy atom. The molecule has 1 unspecified atom stereocenters. The zero-order chi connectivity index (χ0) is 9.68. The van der Waals surface area contributed by atoms with Crippen molar-refractivity contribution in [1.82, 2.24) is 4.90 Å². The number of nitrogens with zero attached hydrogens (tertiary/aromatic N) is 2. The SMILES string of the molecule is CC(c1ccccc1)N(C)CC#N. The molecule has 13 heavy (non-hydrogen) atoms. The van der Waals surface area contributed by atoms with Crippen LogP contribution < -0.4 is 0 Å². The first-order valence-electron chi connectivity index (χ1n) is 4.38. The minimum Gasteiger partial charge on any atom is -0.287 e. The molecule has 2 heteroatoms. The van der Waals surface area contributed by atoms with Crippen molar-refractivity contribution < 1.29 is 0 Å². The molecular formula is C11H14N2. The molecule has 0 radical (unpaired) electrons. The van der Waals surface area contributed by atoms with Gasteiger partial charge in [-0.2, -0.15) is 5.26 Å². The Labute approximate surface area is 79.4 Å². The van der Waals surface area contributed by atoms with E-state index in [1.54, 1.807) is 0 Å². The molecule has 1 atom stereocenters. The van der Waals surface area contributed by atoms with Gasteiger partial charge in [0.15, 0.2) is 0 Å². The third-order valence-corrected chi connectivity index (χ3v) is 2.26. The molecule has 1 aromatic carbocycles. The molecule has 2 nitrogen and oxygen atoms in total. The lowest BCUT2D eigenvalue weighted by Gasteiger charge is -2.21. The van der Waals surface area contributed by atoms with Crippen LogP contribution in [0.4, 0.5) is 0 Å². The van der Waals surface area contributed by atoms with Crippen LogP contribution in [0.3, 0.4) is 0 Å². The summed E-state index contributed by atoms with van der Waals surface area (Å²) in [5.41, 5.74) is 1.25. The van der Waals surface area contributed by atoms with Gasteiger partial charge in [-0.05, 0) is 19.5 Å². The highest BCUT2D eigenvalue weighted by Crippen LogP contribution is 2.16. The highest BCUT2D eigenvalue weighted by molar-refractivity contribution is 5.18. The van der Waals surface area contributed by atoms with Gasteiger partial charge in [0.05, 0.1) is 12.6 Å². The van der Waals surface area contributed by atoms with Crippen molar-refractivity contribution in [2.24, 2.45) is 0 Å². The van der Waals surface area contributed by atoms with Crippen LogP contribution in [0.2, 0.25) is 0 Å². The molecule has 0 saturated heterocycles. The first kappa shape index (κ1) is 9.76. The molecule has 0 aliphatic heterocycles. The van der Waals surface area contributed by atoms with E-state index in [-0.39, 0.29) is 0 Å². The number of rotatable bonds is 3. The van der Waals surface area contributed by atoms with Gasteiger partial charge in [-0.3, -0.25) is 4.90 Å². The van der Waals surface area contributed by atoms with Crippen LogP contribution in [0.1, 0.15) is 18.5 Å². The van der Waals surface area contributed by atoms with Crippen LogP contribution in [0.25, 0.3) is 0 Å². The van der Waals surface area contributed by atoms with E-state index in [1.165, 1.54) is 5.56 Å². The highest BCUT2D eigenvalue weighted by atomic mass is 15.1. The molecule has 0 saturated carbocycles. The van der Waals surface area contributed by atoms with E-state index < -0.39 is 0 Å². The lowest BCUT2D eigenvalue weighted by molar-refractivity contribution is 0.293. The minimum atomic E-state index is 0.306. The van der Waals surface area contributed by atoms with Crippen molar-refractivity contribution in [3.63, 3.8) is 0 Å². The van der Waals surface area contributed by atoms with E-state index in [2.05, 4.69) is 25.1 Å². The van der Waals surface area contributed by atoms with Crippen molar-refractivity contribution in [3.8, 4) is 6.07 Å². The second kappa shape index (κ2) is 4.64. The Morgan fingerprint density at radius 3 is 2.54 bits per heavy atom. The molecule has 1 aromatic rings. The third-order valence-electron chi connectivity index (χ3n) is 2.26. The zero-order valence-corrected chi connectivity index (χ0v) is 8.07. The lowest BCUT2D eigenvalue weighted by atomic mass is 10.1. The standard InChI is InChI=1S/C11H14N2/c1-10(13(2)9-8-12)11-6-4-3-5-7-11/h3-7,10H,9H2,1-2H3. The van der Waals surface area contributed by atoms with Crippen molar-refractivity contribution >= 4 is 0 Å². The van der Waals surface area contributed by atoms with Gasteiger partial charge >= 0.3 is 0 Å². The Morgan fingerprint density at radius 2 is 2.00 bits per heavy atom. The van der Waals surface area contributed by atoms with Crippen LogP contribution in [0, 0.1) is 11.3 Å². The minimum absolute atomic E-state index is 0.306. The summed E-state index contributed by atoms with van der Waals surface area (Å²) in [5.74, 6) is 0. The molecule has 1 rings (SSSR count). The van der Waals surface area contributed by atoms with Crippen LogP contribution in [0.15, 0.2) is 30.3 Å². The number of benzene rings is 1. The van der Waals surface area contributed by atoms with E-state index in [9.17, 15) is 0 Å². The maximum atomic E-state index is 8.54. The van der Waals surface area contributed by atoms with Gasteiger partial charge in [0, 0.05) is 6.04 Å². The van der Waals surface area contributed by atoms with E-state index in [4.69, 9.17) is 5.26 Å². The van der Waals surface area contributed by atoms with Gasteiger partial charge in [0.1, 0.15) is 0 Å². The maximum absolute atomic E-state index is 8.54. The molecule has 0 aromatic heterocycles. The van der Waals surface area contributed by atoms with Crippen molar-refractivity contribution in [1.29, 1.82) is 5.26 Å². The largest absolute Gasteiger partial charge is 0.287 e. The average molecular weight is 174 g/mol. The summed E-state index contributed by atoms with van der Waals surface area (Å²) >= 11 is 0. The molecule has 0 heterocycles. The van der Waals surface area contributed by atoms with Crippen LogP contribution in [-0.2, 0) is 0 Å². The van der Waals surface area contributed by atoms with Gasteiger partial charge in [0.2, 0.25) is 0 Å². The van der Waals surface area contributed by atoms with Crippen LogP contribution in [-0.4, -0.2) is 18.5 Å². The zero-order valence-electron chi connectivity index (χ0n) is 8.07. The number of nitriles is 1. The third kappa shape index (κ3) is 2.57. The first-order valence-corrected chi connectivity index (χ1v) is 4.38. The lowest BCUT2D eigenvalue weighted by Crippen LogP contribution is -2.22. The van der Waals surface area contributed by atoms with Gasteiger partial charge in [-0.25, -0.2) is 0 Å².